The van der Waals surface area contributed by atoms with Crippen LogP contribution in [0.25, 0.3) is 11.4 Å². The molecule has 0 bridgehead atoms. The Balaban J connectivity index is 1.46. The van der Waals surface area contributed by atoms with Crippen LogP contribution in [0.2, 0.25) is 0 Å². The molecule has 214 valence electrons. The fourth-order valence-corrected chi connectivity index (χ4v) is 4.42. The van der Waals surface area contributed by atoms with Crippen LogP contribution in [0.4, 0.5) is 40.9 Å². The van der Waals surface area contributed by atoms with Crippen LogP contribution in [0.1, 0.15) is 35.2 Å². The summed E-state index contributed by atoms with van der Waals surface area (Å²) in [6.07, 6.45) is -8.85. The number of anilines is 1. The summed E-state index contributed by atoms with van der Waals surface area (Å²) in [5.74, 6) is -4.53. The van der Waals surface area contributed by atoms with Crippen molar-refractivity contribution < 1.29 is 39.9 Å². The average molecular weight is 575 g/mol. The molecule has 1 aliphatic heterocycles. The monoisotopic (exact) mass is 575 g/mol. The Kier molecular flexibility index (Phi) is 7.85. The summed E-state index contributed by atoms with van der Waals surface area (Å²) in [5, 5.41) is 2.47. The summed E-state index contributed by atoms with van der Waals surface area (Å²) in [6.45, 7) is 1.08. The van der Waals surface area contributed by atoms with Gasteiger partial charge in [0.2, 0.25) is 5.91 Å². The van der Waals surface area contributed by atoms with Crippen molar-refractivity contribution in [3.63, 3.8) is 0 Å². The van der Waals surface area contributed by atoms with E-state index < -0.39 is 70.4 Å². The zero-order valence-corrected chi connectivity index (χ0v) is 20.7. The summed E-state index contributed by atoms with van der Waals surface area (Å²) in [6, 6.07) is 2.88. The third-order valence-corrected chi connectivity index (χ3v) is 6.40. The smallest absolute Gasteiger partial charge is 0.354 e. The van der Waals surface area contributed by atoms with Gasteiger partial charge in [0.25, 0.3) is 5.56 Å². The van der Waals surface area contributed by atoms with Gasteiger partial charge in [-0.1, -0.05) is 6.07 Å². The Morgan fingerprint density at radius 2 is 1.75 bits per heavy atom. The zero-order chi connectivity index (χ0) is 29.4. The molecule has 0 spiro atoms. The molecule has 2 aromatic heterocycles. The van der Waals surface area contributed by atoms with E-state index in [1.165, 1.54) is 11.8 Å². The molecular formula is C25H21F8N5O2. The maximum absolute atomic E-state index is 15.4. The molecule has 15 heteroatoms. The van der Waals surface area contributed by atoms with Gasteiger partial charge in [0.1, 0.15) is 11.6 Å². The lowest BCUT2D eigenvalue weighted by atomic mass is 9.95. The number of halogens is 8. The number of nitrogens with zero attached hydrogens (tertiary/aromatic N) is 3. The predicted octanol–water partition coefficient (Wildman–Crippen LogP) is 4.99. The van der Waals surface area contributed by atoms with Crippen LogP contribution in [-0.2, 0) is 23.7 Å². The quantitative estimate of drug-likeness (QED) is 0.419. The fraction of sp³-hybridized carbons (Fsp3) is 0.360. The first-order valence-corrected chi connectivity index (χ1v) is 11.9. The number of alkyl halides is 6. The van der Waals surface area contributed by atoms with E-state index in [0.717, 1.165) is 12.1 Å². The van der Waals surface area contributed by atoms with E-state index in [-0.39, 0.29) is 43.0 Å². The van der Waals surface area contributed by atoms with Crippen LogP contribution in [0, 0.1) is 24.5 Å². The van der Waals surface area contributed by atoms with Crippen molar-refractivity contribution in [3.05, 3.63) is 74.8 Å². The SMILES string of the molecule is Cc1cc(=O)[nH]c(-c2c(C(F)(F)F)ccc(CNC(=O)C3CCN(c4ncc(C(F)(F)F)cc4F)CC3)c2F)n1. The minimum Gasteiger partial charge on any atom is -0.354 e. The molecule has 1 aliphatic rings. The van der Waals surface area contributed by atoms with Crippen molar-refractivity contribution >= 4 is 11.7 Å². The zero-order valence-electron chi connectivity index (χ0n) is 20.7. The lowest BCUT2D eigenvalue weighted by Crippen LogP contribution is -2.41. The number of amides is 1. The van der Waals surface area contributed by atoms with Crippen molar-refractivity contribution in [2.24, 2.45) is 5.92 Å². The van der Waals surface area contributed by atoms with Gasteiger partial charge in [0, 0.05) is 49.1 Å². The first-order valence-electron chi connectivity index (χ1n) is 11.9. The number of piperidine rings is 1. The highest BCUT2D eigenvalue weighted by Gasteiger charge is 2.37. The van der Waals surface area contributed by atoms with Crippen molar-refractivity contribution in [3.8, 4) is 11.4 Å². The van der Waals surface area contributed by atoms with Gasteiger partial charge in [0.05, 0.1) is 16.7 Å². The minimum absolute atomic E-state index is 0.0719. The number of rotatable bonds is 5. The van der Waals surface area contributed by atoms with Crippen LogP contribution in [0.3, 0.4) is 0 Å². The highest BCUT2D eigenvalue weighted by Crippen LogP contribution is 2.38. The Bertz CT molecular complexity index is 1480. The topological polar surface area (TPSA) is 91.0 Å². The summed E-state index contributed by atoms with van der Waals surface area (Å²) in [7, 11) is 0. The van der Waals surface area contributed by atoms with Gasteiger partial charge in [-0.15, -0.1) is 0 Å². The molecule has 1 saturated heterocycles. The van der Waals surface area contributed by atoms with Gasteiger partial charge in [-0.25, -0.2) is 18.7 Å². The third kappa shape index (κ3) is 6.23. The summed E-state index contributed by atoms with van der Waals surface area (Å²) in [4.78, 5) is 35.4. The Labute approximate surface area is 221 Å². The molecule has 0 saturated carbocycles. The van der Waals surface area contributed by atoms with E-state index in [1.54, 1.807) is 0 Å². The van der Waals surface area contributed by atoms with Crippen LogP contribution in [0.15, 0.2) is 35.3 Å². The second kappa shape index (κ2) is 10.8. The molecule has 4 rings (SSSR count). The molecule has 1 aromatic carbocycles. The minimum atomic E-state index is -4.96. The van der Waals surface area contributed by atoms with E-state index in [0.29, 0.717) is 18.3 Å². The molecule has 1 amide bonds. The molecule has 0 radical (unpaired) electrons. The lowest BCUT2D eigenvalue weighted by Gasteiger charge is -2.32. The number of pyridine rings is 1. The molecule has 0 aliphatic carbocycles. The fourth-order valence-electron chi connectivity index (χ4n) is 4.42. The normalized spacial score (nSPS) is 14.9. The molecule has 7 nitrogen and oxygen atoms in total. The third-order valence-electron chi connectivity index (χ3n) is 6.40. The van der Waals surface area contributed by atoms with Gasteiger partial charge in [-0.2, -0.15) is 26.3 Å². The average Bonchev–Trinajstić information content (AvgIpc) is 2.86. The maximum Gasteiger partial charge on any atom is 0.417 e. The van der Waals surface area contributed by atoms with Gasteiger partial charge in [-0.3, -0.25) is 9.59 Å². The van der Waals surface area contributed by atoms with Gasteiger partial charge in [0.15, 0.2) is 11.6 Å². The number of hydrogen-bond donors (Lipinski definition) is 2. The maximum atomic E-state index is 15.4. The first kappa shape index (κ1) is 29.0. The number of H-pyrrole nitrogens is 1. The molecule has 3 aromatic rings. The number of hydrogen-bond acceptors (Lipinski definition) is 5. The molecule has 0 unspecified atom stereocenters. The van der Waals surface area contributed by atoms with Crippen molar-refractivity contribution in [1.29, 1.82) is 0 Å². The second-order valence-electron chi connectivity index (χ2n) is 9.20. The van der Waals surface area contributed by atoms with Crippen LogP contribution < -0.4 is 15.8 Å². The number of carbonyl (C=O) groups is 1. The van der Waals surface area contributed by atoms with Crippen molar-refractivity contribution in [2.45, 2.75) is 38.7 Å². The molecular weight excluding hydrogens is 554 g/mol. The number of aromatic amines is 1. The molecule has 2 N–H and O–H groups in total. The van der Waals surface area contributed by atoms with Crippen LogP contribution in [0.5, 0.6) is 0 Å². The van der Waals surface area contributed by atoms with Crippen LogP contribution in [-0.4, -0.2) is 33.9 Å². The molecule has 1 fully saturated rings. The molecule has 0 atom stereocenters. The van der Waals surface area contributed by atoms with E-state index >= 15 is 4.39 Å². The number of aryl methyl sites for hydroxylation is 1. The number of benzene rings is 1. The largest absolute Gasteiger partial charge is 0.417 e. The van der Waals surface area contributed by atoms with E-state index in [9.17, 15) is 40.3 Å². The number of carbonyl (C=O) groups excluding carboxylic acids is 1. The van der Waals surface area contributed by atoms with Crippen LogP contribution >= 0.6 is 0 Å². The number of aromatic nitrogens is 3. The van der Waals surface area contributed by atoms with Gasteiger partial charge >= 0.3 is 12.4 Å². The summed E-state index contributed by atoms with van der Waals surface area (Å²) in [5.41, 5.74) is -4.53. The molecule has 40 heavy (non-hydrogen) atoms. The Morgan fingerprint density at radius 3 is 2.33 bits per heavy atom. The Morgan fingerprint density at radius 1 is 1.07 bits per heavy atom. The standard InChI is InChI=1S/C25H21F8N5O2/c1-12-8-18(39)37-21(36-12)19-16(25(31,32)33)3-2-14(20(19)27)10-35-23(40)13-4-6-38(7-5-13)22-17(26)9-15(11-34-22)24(28,29)30/h2-3,8-9,11,13H,4-7,10H2,1H3,(H,35,40)(H,36,37,39). The second-order valence-corrected chi connectivity index (χ2v) is 9.20. The Hall–Kier alpha value is -4.04. The van der Waals surface area contributed by atoms with E-state index in [2.05, 4.69) is 20.3 Å². The summed E-state index contributed by atoms with van der Waals surface area (Å²) >= 11 is 0. The number of nitrogens with one attached hydrogen (secondary N) is 2. The van der Waals surface area contributed by atoms with E-state index in [4.69, 9.17) is 0 Å². The van der Waals surface area contributed by atoms with Crippen molar-refractivity contribution in [1.82, 2.24) is 20.3 Å². The highest BCUT2D eigenvalue weighted by atomic mass is 19.4. The lowest BCUT2D eigenvalue weighted by molar-refractivity contribution is -0.138. The van der Waals surface area contributed by atoms with Gasteiger partial charge in [-0.05, 0) is 31.9 Å². The summed E-state index contributed by atoms with van der Waals surface area (Å²) < 4.78 is 109. The van der Waals surface area contributed by atoms with Gasteiger partial charge < -0.3 is 15.2 Å². The molecule has 3 heterocycles. The highest BCUT2D eigenvalue weighted by molar-refractivity contribution is 5.79. The first-order chi connectivity index (χ1) is 18.6. The van der Waals surface area contributed by atoms with Crippen molar-refractivity contribution in [2.75, 3.05) is 18.0 Å². The predicted molar refractivity (Wildman–Crippen MR) is 126 cm³/mol. The van der Waals surface area contributed by atoms with E-state index in [1.807, 2.05) is 0 Å².